The summed E-state index contributed by atoms with van der Waals surface area (Å²) in [6, 6.07) is 7.07. The van der Waals surface area contributed by atoms with E-state index in [0.717, 1.165) is 25.9 Å². The second-order valence-electron chi connectivity index (χ2n) is 4.82. The van der Waals surface area contributed by atoms with Gasteiger partial charge in [0.2, 0.25) is 5.91 Å². The van der Waals surface area contributed by atoms with Crippen molar-refractivity contribution >= 4 is 17.4 Å². The lowest BCUT2D eigenvalue weighted by molar-refractivity contribution is -0.116. The summed E-state index contributed by atoms with van der Waals surface area (Å²) in [6.07, 6.45) is 3.51. The molecule has 2 rings (SSSR count). The Morgan fingerprint density at radius 1 is 1.37 bits per heavy atom. The molecule has 0 aromatic heterocycles. The van der Waals surface area contributed by atoms with E-state index >= 15 is 0 Å². The third-order valence-corrected chi connectivity index (χ3v) is 3.30. The van der Waals surface area contributed by atoms with Crippen LogP contribution in [0.5, 0.6) is 0 Å². The Labute approximate surface area is 113 Å². The van der Waals surface area contributed by atoms with Gasteiger partial charge in [-0.2, -0.15) is 0 Å². The van der Waals surface area contributed by atoms with Gasteiger partial charge in [-0.05, 0) is 38.3 Å². The van der Waals surface area contributed by atoms with E-state index < -0.39 is 0 Å². The lowest BCUT2D eigenvalue weighted by Gasteiger charge is -2.11. The molecule has 0 unspecified atom stereocenters. The maximum Gasteiger partial charge on any atom is 0.224 e. The lowest BCUT2D eigenvalue weighted by atomic mass is 10.1. The summed E-state index contributed by atoms with van der Waals surface area (Å²) in [6.45, 7) is 2.30. The third-order valence-electron chi connectivity index (χ3n) is 3.30. The number of anilines is 1. The smallest absolute Gasteiger partial charge is 0.224 e. The molecule has 102 valence electrons. The molecular weight excluding hydrogens is 242 g/mol. The molecule has 19 heavy (non-hydrogen) atoms. The molecule has 0 radical (unpaired) electrons. The van der Waals surface area contributed by atoms with Gasteiger partial charge in [0.1, 0.15) is 0 Å². The zero-order chi connectivity index (χ0) is 13.7. The molecule has 1 saturated heterocycles. The van der Waals surface area contributed by atoms with Crippen LogP contribution in [0.3, 0.4) is 0 Å². The van der Waals surface area contributed by atoms with Gasteiger partial charge in [0.05, 0.1) is 11.8 Å². The van der Waals surface area contributed by atoms with Crippen molar-refractivity contribution in [3.8, 4) is 0 Å². The molecule has 1 fully saturated rings. The van der Waals surface area contributed by atoms with Gasteiger partial charge < -0.3 is 10.1 Å². The van der Waals surface area contributed by atoms with Crippen LogP contribution in [0.4, 0.5) is 5.69 Å². The minimum absolute atomic E-state index is 0.0463. The number of nitrogens with one attached hydrogen (secondary N) is 1. The number of benzene rings is 1. The summed E-state index contributed by atoms with van der Waals surface area (Å²) in [5, 5.41) is 2.80. The molecule has 0 bridgehead atoms. The van der Waals surface area contributed by atoms with Crippen LogP contribution in [0, 0.1) is 0 Å². The van der Waals surface area contributed by atoms with Crippen LogP contribution in [-0.4, -0.2) is 24.4 Å². The van der Waals surface area contributed by atoms with E-state index in [1.807, 2.05) is 6.07 Å². The summed E-state index contributed by atoms with van der Waals surface area (Å²) >= 11 is 0. The van der Waals surface area contributed by atoms with Gasteiger partial charge in [-0.25, -0.2) is 0 Å². The van der Waals surface area contributed by atoms with Crippen molar-refractivity contribution in [2.24, 2.45) is 0 Å². The molecule has 1 N–H and O–H groups in total. The molecule has 0 aliphatic carbocycles. The predicted octanol–water partition coefficient (Wildman–Crippen LogP) is 2.79. The van der Waals surface area contributed by atoms with Gasteiger partial charge in [0, 0.05) is 18.6 Å². The highest BCUT2D eigenvalue weighted by Gasteiger charge is 2.17. The van der Waals surface area contributed by atoms with Crippen molar-refractivity contribution in [1.29, 1.82) is 0 Å². The summed E-state index contributed by atoms with van der Waals surface area (Å²) in [4.78, 5) is 23.3. The Hall–Kier alpha value is -1.68. The number of hydrogen-bond donors (Lipinski definition) is 1. The Bertz CT molecular complexity index is 464. The third kappa shape index (κ3) is 3.89. The SMILES string of the molecule is CC(=O)c1ccccc1NC(=O)CC[C@H]1CCCO1. The molecule has 1 aliphatic heterocycles. The number of ether oxygens (including phenoxy) is 1. The molecule has 1 amide bonds. The van der Waals surface area contributed by atoms with Crippen molar-refractivity contribution in [1.82, 2.24) is 0 Å². The number of amides is 1. The number of carbonyl (C=O) groups excluding carboxylic acids is 2. The molecule has 4 heteroatoms. The van der Waals surface area contributed by atoms with Gasteiger partial charge in [-0.3, -0.25) is 9.59 Å². The summed E-state index contributed by atoms with van der Waals surface area (Å²) in [5.74, 6) is -0.112. The molecular formula is C15H19NO3. The van der Waals surface area contributed by atoms with Crippen molar-refractivity contribution in [2.45, 2.75) is 38.7 Å². The van der Waals surface area contributed by atoms with Crippen LogP contribution in [0.1, 0.15) is 43.0 Å². The molecule has 1 aromatic carbocycles. The predicted molar refractivity (Wildman–Crippen MR) is 73.3 cm³/mol. The number of carbonyl (C=O) groups is 2. The van der Waals surface area contributed by atoms with Gasteiger partial charge in [0.25, 0.3) is 0 Å². The van der Waals surface area contributed by atoms with Crippen LogP contribution in [0.25, 0.3) is 0 Å². The summed E-state index contributed by atoms with van der Waals surface area (Å²) in [7, 11) is 0. The highest BCUT2D eigenvalue weighted by Crippen LogP contribution is 2.19. The Morgan fingerprint density at radius 2 is 2.16 bits per heavy atom. The van der Waals surface area contributed by atoms with E-state index in [-0.39, 0.29) is 17.8 Å². The maximum atomic E-state index is 11.9. The molecule has 1 aliphatic rings. The van der Waals surface area contributed by atoms with E-state index in [1.54, 1.807) is 18.2 Å². The first-order valence-corrected chi connectivity index (χ1v) is 6.68. The van der Waals surface area contributed by atoms with Gasteiger partial charge >= 0.3 is 0 Å². The van der Waals surface area contributed by atoms with Crippen molar-refractivity contribution < 1.29 is 14.3 Å². The maximum absolute atomic E-state index is 11.9. The zero-order valence-electron chi connectivity index (χ0n) is 11.1. The van der Waals surface area contributed by atoms with Crippen LogP contribution in [0.15, 0.2) is 24.3 Å². The van der Waals surface area contributed by atoms with Crippen molar-refractivity contribution in [3.05, 3.63) is 29.8 Å². The highest BCUT2D eigenvalue weighted by atomic mass is 16.5. The Kier molecular flexibility index (Phi) is 4.68. The van der Waals surface area contributed by atoms with Crippen LogP contribution in [-0.2, 0) is 9.53 Å². The van der Waals surface area contributed by atoms with Gasteiger partial charge in [-0.15, -0.1) is 0 Å². The standard InChI is InChI=1S/C15H19NO3/c1-11(17)13-6-2-3-7-14(13)16-15(18)9-8-12-5-4-10-19-12/h2-3,6-7,12H,4-5,8-10H2,1H3,(H,16,18)/t12-/m1/s1. The highest BCUT2D eigenvalue weighted by molar-refractivity contribution is 6.03. The van der Waals surface area contributed by atoms with E-state index in [2.05, 4.69) is 5.32 Å². The minimum atomic E-state index is -0.0656. The molecule has 0 saturated carbocycles. The number of para-hydroxylation sites is 1. The van der Waals surface area contributed by atoms with Crippen LogP contribution < -0.4 is 5.32 Å². The monoisotopic (exact) mass is 261 g/mol. The summed E-state index contributed by atoms with van der Waals surface area (Å²) in [5.41, 5.74) is 1.14. The fourth-order valence-corrected chi connectivity index (χ4v) is 2.28. The summed E-state index contributed by atoms with van der Waals surface area (Å²) < 4.78 is 5.48. The first-order valence-electron chi connectivity index (χ1n) is 6.68. The van der Waals surface area contributed by atoms with Crippen LogP contribution >= 0.6 is 0 Å². The van der Waals surface area contributed by atoms with E-state index in [0.29, 0.717) is 17.7 Å². The topological polar surface area (TPSA) is 55.4 Å². The molecule has 1 atom stereocenters. The van der Waals surface area contributed by atoms with Gasteiger partial charge in [0.15, 0.2) is 5.78 Å². The average molecular weight is 261 g/mol. The first kappa shape index (κ1) is 13.7. The number of Topliss-reactive ketones (excluding diaryl/α,β-unsaturated/α-hetero) is 1. The van der Waals surface area contributed by atoms with E-state index in [1.165, 1.54) is 6.92 Å². The number of ketones is 1. The van der Waals surface area contributed by atoms with Gasteiger partial charge in [-0.1, -0.05) is 12.1 Å². The lowest BCUT2D eigenvalue weighted by Crippen LogP contribution is -2.16. The molecule has 4 nitrogen and oxygen atoms in total. The molecule has 1 heterocycles. The molecule has 1 aromatic rings. The van der Waals surface area contributed by atoms with E-state index in [4.69, 9.17) is 4.74 Å². The van der Waals surface area contributed by atoms with E-state index in [9.17, 15) is 9.59 Å². The second kappa shape index (κ2) is 6.48. The molecule has 0 spiro atoms. The minimum Gasteiger partial charge on any atom is -0.378 e. The average Bonchev–Trinajstić information content (AvgIpc) is 2.90. The Morgan fingerprint density at radius 3 is 2.84 bits per heavy atom. The fraction of sp³-hybridized carbons (Fsp3) is 0.467. The second-order valence-corrected chi connectivity index (χ2v) is 4.82. The Balaban J connectivity index is 1.89. The first-order chi connectivity index (χ1) is 9.16. The fourth-order valence-electron chi connectivity index (χ4n) is 2.28. The largest absolute Gasteiger partial charge is 0.378 e. The quantitative estimate of drug-likeness (QED) is 0.829. The normalized spacial score (nSPS) is 18.3. The van der Waals surface area contributed by atoms with Crippen LogP contribution in [0.2, 0.25) is 0 Å². The number of rotatable bonds is 5. The van der Waals surface area contributed by atoms with Crippen molar-refractivity contribution in [2.75, 3.05) is 11.9 Å². The zero-order valence-corrected chi connectivity index (χ0v) is 11.1. The van der Waals surface area contributed by atoms with Crippen molar-refractivity contribution in [3.63, 3.8) is 0 Å². The number of hydrogen-bond acceptors (Lipinski definition) is 3.